The molecule has 19 heavy (non-hydrogen) atoms. The van der Waals surface area contributed by atoms with E-state index in [1.54, 1.807) is 0 Å². The van der Waals surface area contributed by atoms with Gasteiger partial charge in [0.15, 0.2) is 0 Å². The smallest absolute Gasteiger partial charge is 0.310 e. The number of esters is 1. The maximum atomic E-state index is 12.2. The molecule has 2 atom stereocenters. The molecule has 0 spiro atoms. The minimum Gasteiger partial charge on any atom is -0.462 e. The van der Waals surface area contributed by atoms with E-state index in [4.69, 9.17) is 11.6 Å². The third-order valence-corrected chi connectivity index (χ3v) is 4.23. The summed E-state index contributed by atoms with van der Waals surface area (Å²) in [7, 11) is 2.10. The number of ether oxygens (including phenoxy) is 1. The molecule has 0 radical (unpaired) electrons. The number of carbonyl (C=O) groups is 1. The second-order valence-corrected chi connectivity index (χ2v) is 5.41. The molecule has 2 heterocycles. The van der Waals surface area contributed by atoms with Gasteiger partial charge in [-0.1, -0.05) is 30.2 Å². The lowest BCUT2D eigenvalue weighted by Gasteiger charge is -2.35. The Morgan fingerprint density at radius 3 is 2.58 bits per heavy atom. The van der Waals surface area contributed by atoms with Crippen molar-refractivity contribution in [1.82, 2.24) is 4.90 Å². The van der Waals surface area contributed by atoms with Crippen molar-refractivity contribution in [2.45, 2.75) is 50.3 Å². The van der Waals surface area contributed by atoms with E-state index < -0.39 is 24.1 Å². The first-order chi connectivity index (χ1) is 11.3. The number of carbonyl (C=O) groups excluding carboxylic acids is 1. The third kappa shape index (κ3) is 2.81. The van der Waals surface area contributed by atoms with Gasteiger partial charge in [-0.25, -0.2) is 0 Å². The Kier molecular flexibility index (Phi) is 2.26. The van der Waals surface area contributed by atoms with Gasteiger partial charge in [0.05, 0.1) is 13.3 Å². The number of rotatable bonds is 3. The second kappa shape index (κ2) is 5.33. The largest absolute Gasteiger partial charge is 0.462 e. The van der Waals surface area contributed by atoms with Gasteiger partial charge in [-0.3, -0.25) is 4.79 Å². The summed E-state index contributed by atoms with van der Waals surface area (Å²) >= 11 is 0. The minimum atomic E-state index is -0.525. The molecule has 2 fully saturated rings. The van der Waals surface area contributed by atoms with Crippen LogP contribution in [0.1, 0.15) is 38.1 Å². The summed E-state index contributed by atoms with van der Waals surface area (Å²) in [5, 5.41) is 0. The van der Waals surface area contributed by atoms with E-state index in [0.717, 1.165) is 25.7 Å². The van der Waals surface area contributed by atoms with Crippen molar-refractivity contribution in [3.63, 3.8) is 0 Å². The molecule has 2 unspecified atom stereocenters. The lowest BCUT2D eigenvalue weighted by Crippen LogP contribution is -2.43. The maximum Gasteiger partial charge on any atom is 0.310 e. The lowest BCUT2D eigenvalue weighted by atomic mass is 10.0. The molecule has 2 saturated heterocycles. The molecule has 3 heteroatoms. The molecule has 3 nitrogen and oxygen atoms in total. The van der Waals surface area contributed by atoms with E-state index in [1.807, 2.05) is 0 Å². The van der Waals surface area contributed by atoms with Crippen LogP contribution in [0.25, 0.3) is 0 Å². The Morgan fingerprint density at radius 1 is 1.32 bits per heavy atom. The number of benzene rings is 1. The Balaban J connectivity index is 1.70. The second-order valence-electron chi connectivity index (χ2n) is 5.41. The molecule has 1 aromatic rings. The zero-order valence-electron chi connectivity index (χ0n) is 16.0. The fourth-order valence-corrected chi connectivity index (χ4v) is 3.19. The van der Waals surface area contributed by atoms with Crippen LogP contribution in [-0.4, -0.2) is 36.1 Å². The van der Waals surface area contributed by atoms with Crippen LogP contribution < -0.4 is 0 Å². The van der Waals surface area contributed by atoms with Crippen molar-refractivity contribution < 1.29 is 16.4 Å². The van der Waals surface area contributed by atoms with Gasteiger partial charge < -0.3 is 9.64 Å². The van der Waals surface area contributed by atoms with E-state index in [1.165, 1.54) is 0 Å². The van der Waals surface area contributed by atoms with Crippen LogP contribution in [0.3, 0.4) is 0 Å². The molecule has 0 aromatic heterocycles. The van der Waals surface area contributed by atoms with E-state index in [0.29, 0.717) is 12.1 Å². The average Bonchev–Trinajstić information content (AvgIpc) is 2.76. The lowest BCUT2D eigenvalue weighted by molar-refractivity contribution is -0.151. The molecule has 2 bridgehead atoms. The van der Waals surface area contributed by atoms with Crippen LogP contribution in [0.5, 0.6) is 0 Å². The summed E-state index contributed by atoms with van der Waals surface area (Å²) in [6, 6.07) is -1.06. The molecule has 0 saturated carbocycles. The molecule has 0 amide bonds. The molecular formula is C16H21NO2. The van der Waals surface area contributed by atoms with Crippen molar-refractivity contribution in [2.75, 3.05) is 7.05 Å². The number of hydrogen-bond donors (Lipinski definition) is 0. The average molecular weight is 264 g/mol. The predicted molar refractivity (Wildman–Crippen MR) is 73.8 cm³/mol. The zero-order valence-corrected chi connectivity index (χ0v) is 11.0. The van der Waals surface area contributed by atoms with E-state index in [-0.39, 0.29) is 30.2 Å². The Morgan fingerprint density at radius 2 is 1.95 bits per heavy atom. The van der Waals surface area contributed by atoms with Crippen LogP contribution in [0.4, 0.5) is 0 Å². The Labute approximate surface area is 121 Å². The maximum absolute atomic E-state index is 12.2. The molecule has 0 aliphatic carbocycles. The highest BCUT2D eigenvalue weighted by atomic mass is 16.5. The molecular weight excluding hydrogens is 238 g/mol. The Bertz CT molecular complexity index is 638. The number of piperidine rings is 1. The fourth-order valence-electron chi connectivity index (χ4n) is 3.19. The van der Waals surface area contributed by atoms with E-state index in [9.17, 15) is 4.79 Å². The van der Waals surface area contributed by atoms with Crippen LogP contribution in [0, 0.1) is 0 Å². The molecule has 2 aliphatic rings. The summed E-state index contributed by atoms with van der Waals surface area (Å²) in [4.78, 5) is 14.6. The molecule has 2 aliphatic heterocycles. The first-order valence-electron chi connectivity index (χ1n) is 9.26. The summed E-state index contributed by atoms with van der Waals surface area (Å²) in [6.45, 7) is 0. The van der Waals surface area contributed by atoms with Gasteiger partial charge in [0.2, 0.25) is 0 Å². The quantitative estimate of drug-likeness (QED) is 0.785. The van der Waals surface area contributed by atoms with Crippen molar-refractivity contribution >= 4 is 5.97 Å². The molecule has 102 valence electrons. The van der Waals surface area contributed by atoms with Gasteiger partial charge in [0, 0.05) is 12.1 Å². The monoisotopic (exact) mass is 264 g/mol. The molecule has 0 N–H and O–H groups in total. The summed E-state index contributed by atoms with van der Waals surface area (Å²) in [6.07, 6.45) is 3.42. The van der Waals surface area contributed by atoms with Crippen LogP contribution in [-0.2, 0) is 16.0 Å². The molecule has 3 rings (SSSR count). The standard InChI is InChI=1S/C16H21NO2/c1-17-13-7-8-14(17)11-15(10-13)19-16(18)9-12-5-3-2-4-6-12/h2-6,13-15H,7-11H2,1H3/i2D,3D,4D,5D,6D. The van der Waals surface area contributed by atoms with Crippen molar-refractivity contribution in [1.29, 1.82) is 0 Å². The third-order valence-electron chi connectivity index (χ3n) is 4.23. The van der Waals surface area contributed by atoms with E-state index >= 15 is 0 Å². The van der Waals surface area contributed by atoms with Crippen molar-refractivity contribution in [2.24, 2.45) is 0 Å². The van der Waals surface area contributed by atoms with Crippen molar-refractivity contribution in [3.8, 4) is 0 Å². The van der Waals surface area contributed by atoms with Crippen LogP contribution in [0.2, 0.25) is 0 Å². The predicted octanol–water partition coefficient (Wildman–Crippen LogP) is 2.40. The summed E-state index contributed by atoms with van der Waals surface area (Å²) in [5.41, 5.74) is 0.00176. The first-order valence-corrected chi connectivity index (χ1v) is 6.76. The van der Waals surface area contributed by atoms with Gasteiger partial charge in [-0.15, -0.1) is 0 Å². The van der Waals surface area contributed by atoms with E-state index in [2.05, 4.69) is 11.9 Å². The normalized spacial score (nSPS) is 33.9. The highest BCUT2D eigenvalue weighted by Gasteiger charge is 2.39. The zero-order chi connectivity index (χ0) is 17.6. The SMILES string of the molecule is [2H]c1c([2H])c([2H])c(CC(=O)OC2CC3CCC(C2)N3C)c([2H])c1[2H]. The van der Waals surface area contributed by atoms with Gasteiger partial charge in [0.1, 0.15) is 6.10 Å². The van der Waals surface area contributed by atoms with Crippen LogP contribution >= 0.6 is 0 Å². The van der Waals surface area contributed by atoms with Gasteiger partial charge in [-0.2, -0.15) is 0 Å². The van der Waals surface area contributed by atoms with Gasteiger partial charge in [-0.05, 0) is 38.3 Å². The van der Waals surface area contributed by atoms with Gasteiger partial charge >= 0.3 is 5.97 Å². The number of hydrogen-bond acceptors (Lipinski definition) is 3. The fraction of sp³-hybridized carbons (Fsp3) is 0.562. The first kappa shape index (κ1) is 8.05. The summed E-state index contributed by atoms with van der Waals surface area (Å²) < 4.78 is 44.1. The minimum absolute atomic E-state index is 0.00176. The van der Waals surface area contributed by atoms with Gasteiger partial charge in [0.25, 0.3) is 0 Å². The highest BCUT2D eigenvalue weighted by Crippen LogP contribution is 2.35. The molecule has 1 aromatic carbocycles. The topological polar surface area (TPSA) is 29.5 Å². The van der Waals surface area contributed by atoms with Crippen LogP contribution in [0.15, 0.2) is 30.2 Å². The van der Waals surface area contributed by atoms with Crippen molar-refractivity contribution in [3.05, 3.63) is 35.8 Å². The summed E-state index contributed by atoms with van der Waals surface area (Å²) in [5.74, 6) is -0.525. The highest BCUT2D eigenvalue weighted by molar-refractivity contribution is 5.72. The Hall–Kier alpha value is -1.35. The number of nitrogens with zero attached hydrogens (tertiary/aromatic N) is 1. The number of fused-ring (bicyclic) bond motifs is 2.